The van der Waals surface area contributed by atoms with E-state index in [1.165, 1.54) is 31.0 Å². The van der Waals surface area contributed by atoms with E-state index in [0.717, 1.165) is 30.7 Å². The summed E-state index contributed by atoms with van der Waals surface area (Å²) in [5.74, 6) is 3.08. The number of ether oxygens (including phenoxy) is 1. The van der Waals surface area contributed by atoms with Gasteiger partial charge in [0.15, 0.2) is 0 Å². The zero-order valence-electron chi connectivity index (χ0n) is 18.6. The van der Waals surface area contributed by atoms with Crippen LogP contribution in [0.25, 0.3) is 17.4 Å². The fourth-order valence-corrected chi connectivity index (χ4v) is 6.79. The smallest absolute Gasteiger partial charge is 0.266 e. The summed E-state index contributed by atoms with van der Waals surface area (Å²) in [6, 6.07) is 7.24. The molecular weight excluding hydrogens is 456 g/mol. The van der Waals surface area contributed by atoms with Gasteiger partial charge in [0.25, 0.3) is 5.91 Å². The molecule has 1 saturated heterocycles. The molecular formula is C25H28N2O4S2. The first-order chi connectivity index (χ1) is 16.0. The molecule has 2 aromatic rings. The van der Waals surface area contributed by atoms with Crippen LogP contribution in [0.2, 0.25) is 0 Å². The maximum Gasteiger partial charge on any atom is 0.266 e. The number of hydrogen-bond donors (Lipinski definition) is 2. The van der Waals surface area contributed by atoms with E-state index in [1.54, 1.807) is 25.3 Å². The Labute approximate surface area is 203 Å². The van der Waals surface area contributed by atoms with Gasteiger partial charge in [-0.1, -0.05) is 30.4 Å². The van der Waals surface area contributed by atoms with Gasteiger partial charge in [0, 0.05) is 18.2 Å². The van der Waals surface area contributed by atoms with Gasteiger partial charge in [0.05, 0.1) is 17.6 Å². The van der Waals surface area contributed by atoms with Gasteiger partial charge in [-0.05, 0) is 74.2 Å². The molecule has 1 aliphatic heterocycles. The molecule has 2 saturated carbocycles. The summed E-state index contributed by atoms with van der Waals surface area (Å²) < 4.78 is 12.0. The molecule has 1 aromatic heterocycles. The third-order valence-corrected chi connectivity index (χ3v) is 8.41. The maximum absolute atomic E-state index is 13.3. The summed E-state index contributed by atoms with van der Waals surface area (Å²) in [6.07, 6.45) is 8.08. The Kier molecular flexibility index (Phi) is 6.24. The van der Waals surface area contributed by atoms with E-state index in [-0.39, 0.29) is 17.7 Å². The number of methoxy groups -OCH3 is 1. The molecule has 3 unspecified atom stereocenters. The Hall–Kier alpha value is -2.29. The number of phenols is 1. The first-order valence-electron chi connectivity index (χ1n) is 11.5. The summed E-state index contributed by atoms with van der Waals surface area (Å²) in [7, 11) is 1.55. The largest absolute Gasteiger partial charge is 0.507 e. The van der Waals surface area contributed by atoms with E-state index in [9.17, 15) is 9.90 Å². The molecule has 0 spiro atoms. The first kappa shape index (κ1) is 22.5. The van der Waals surface area contributed by atoms with Crippen molar-refractivity contribution in [3.63, 3.8) is 0 Å². The molecule has 2 aliphatic carbocycles. The quantitative estimate of drug-likeness (QED) is 0.425. The molecule has 3 N–H and O–H groups in total. The molecule has 2 bridgehead atoms. The highest BCUT2D eigenvalue weighted by Gasteiger charge is 2.48. The van der Waals surface area contributed by atoms with Gasteiger partial charge in [-0.2, -0.15) is 0 Å². The van der Waals surface area contributed by atoms with Gasteiger partial charge in [-0.15, -0.1) is 0 Å². The van der Waals surface area contributed by atoms with E-state index in [2.05, 4.69) is 0 Å². The molecule has 3 fully saturated rings. The number of aromatic hydroxyl groups is 1. The summed E-state index contributed by atoms with van der Waals surface area (Å²) in [5.41, 5.74) is 7.26. The normalized spacial score (nSPS) is 25.6. The van der Waals surface area contributed by atoms with Crippen molar-refractivity contribution in [1.82, 2.24) is 4.90 Å². The van der Waals surface area contributed by atoms with Gasteiger partial charge in [-0.3, -0.25) is 9.69 Å². The number of carbonyl (C=O) groups excluding carboxylic acids is 1. The number of furan rings is 1. The van der Waals surface area contributed by atoms with E-state index in [4.69, 9.17) is 27.1 Å². The number of rotatable bonds is 7. The number of hydrogen-bond acceptors (Lipinski definition) is 7. The van der Waals surface area contributed by atoms with Crippen molar-refractivity contribution >= 4 is 40.3 Å². The van der Waals surface area contributed by atoms with Crippen LogP contribution in [-0.4, -0.2) is 39.9 Å². The lowest BCUT2D eigenvalue weighted by Gasteiger charge is -2.30. The Morgan fingerprint density at radius 2 is 2.18 bits per heavy atom. The van der Waals surface area contributed by atoms with E-state index in [0.29, 0.717) is 44.5 Å². The Morgan fingerprint density at radius 3 is 2.85 bits per heavy atom. The van der Waals surface area contributed by atoms with Crippen LogP contribution in [0.3, 0.4) is 0 Å². The van der Waals surface area contributed by atoms with Crippen LogP contribution in [0.4, 0.5) is 0 Å². The Bertz CT molecular complexity index is 1130. The van der Waals surface area contributed by atoms with Crippen LogP contribution in [0.5, 0.6) is 11.5 Å². The lowest BCUT2D eigenvalue weighted by Crippen LogP contribution is -2.41. The van der Waals surface area contributed by atoms with Crippen molar-refractivity contribution < 1.29 is 19.1 Å². The number of benzene rings is 1. The fourth-order valence-electron chi connectivity index (χ4n) is 5.44. The van der Waals surface area contributed by atoms with Crippen molar-refractivity contribution in [3.05, 3.63) is 40.5 Å². The zero-order valence-corrected chi connectivity index (χ0v) is 20.2. The molecule has 0 radical (unpaired) electrons. The molecule has 3 aliphatic rings. The number of phenolic OH excluding ortho intramolecular Hbond substituents is 1. The molecule has 1 amide bonds. The number of nitrogens with zero attached hydrogens (tertiary/aromatic N) is 1. The monoisotopic (exact) mass is 484 g/mol. The minimum atomic E-state index is -0.0161. The average Bonchev–Trinajstić information content (AvgIpc) is 3.57. The predicted molar refractivity (Wildman–Crippen MR) is 134 cm³/mol. The first-order valence-corrected chi connectivity index (χ1v) is 12.7. The highest BCUT2D eigenvalue weighted by molar-refractivity contribution is 8.26. The topological polar surface area (TPSA) is 88.9 Å². The highest BCUT2D eigenvalue weighted by Crippen LogP contribution is 2.49. The van der Waals surface area contributed by atoms with Gasteiger partial charge in [0.2, 0.25) is 0 Å². The molecule has 3 atom stereocenters. The lowest BCUT2D eigenvalue weighted by atomic mass is 9.94. The van der Waals surface area contributed by atoms with Gasteiger partial charge in [0.1, 0.15) is 27.3 Å². The molecule has 5 rings (SSSR count). The molecule has 6 nitrogen and oxygen atoms in total. The van der Waals surface area contributed by atoms with Gasteiger partial charge in [-0.25, -0.2) is 0 Å². The van der Waals surface area contributed by atoms with Crippen LogP contribution in [-0.2, 0) is 11.2 Å². The molecule has 2 heterocycles. The SMILES string of the molecule is COc1ccc(-c2cc(CCCN)c(/C=C3\SC(=S)N(C4CC5CCC4C5)C3=O)o2)c(O)c1. The predicted octanol–water partition coefficient (Wildman–Crippen LogP) is 4.94. The van der Waals surface area contributed by atoms with Crippen molar-refractivity contribution in [1.29, 1.82) is 0 Å². The second-order valence-electron chi connectivity index (χ2n) is 9.07. The fraction of sp³-hybridized carbons (Fsp3) is 0.440. The molecule has 1 aromatic carbocycles. The molecule has 8 heteroatoms. The minimum absolute atomic E-state index is 0.0161. The highest BCUT2D eigenvalue weighted by atomic mass is 32.2. The summed E-state index contributed by atoms with van der Waals surface area (Å²) >= 11 is 6.98. The second-order valence-corrected chi connectivity index (χ2v) is 10.7. The van der Waals surface area contributed by atoms with Crippen LogP contribution < -0.4 is 10.5 Å². The lowest BCUT2D eigenvalue weighted by molar-refractivity contribution is -0.124. The Balaban J connectivity index is 1.45. The number of carbonyl (C=O) groups is 1. The van der Waals surface area contributed by atoms with Crippen molar-refractivity contribution in [3.8, 4) is 22.8 Å². The summed E-state index contributed by atoms with van der Waals surface area (Å²) in [5, 5.41) is 10.5. The van der Waals surface area contributed by atoms with E-state index in [1.807, 2.05) is 17.0 Å². The third-order valence-electron chi connectivity index (χ3n) is 7.08. The standard InChI is InChI=1S/C25H28N2O4S2/c1-30-17-6-7-18(20(28)12-17)22-11-16(3-2-8-26)21(31-22)13-23-24(29)27(25(32)33-23)19-10-14-4-5-15(19)9-14/h6-7,11-15,19,28H,2-5,8-10,26H2,1H3/b23-13-. The van der Waals surface area contributed by atoms with Crippen LogP contribution in [0, 0.1) is 11.8 Å². The summed E-state index contributed by atoms with van der Waals surface area (Å²) in [4.78, 5) is 15.8. The van der Waals surface area contributed by atoms with Crippen LogP contribution >= 0.6 is 24.0 Å². The minimum Gasteiger partial charge on any atom is -0.507 e. The average molecular weight is 485 g/mol. The van der Waals surface area contributed by atoms with Crippen molar-refractivity contribution in [2.45, 2.75) is 44.6 Å². The van der Waals surface area contributed by atoms with E-state index < -0.39 is 0 Å². The zero-order chi connectivity index (χ0) is 23.1. The number of aryl methyl sites for hydroxylation is 1. The van der Waals surface area contributed by atoms with Crippen molar-refractivity contribution in [2.24, 2.45) is 17.6 Å². The molecule has 33 heavy (non-hydrogen) atoms. The Morgan fingerprint density at radius 1 is 1.33 bits per heavy atom. The van der Waals surface area contributed by atoms with E-state index >= 15 is 0 Å². The number of amides is 1. The van der Waals surface area contributed by atoms with Gasteiger partial charge < -0.3 is 20.0 Å². The number of thiocarbonyl (C=S) groups is 1. The number of fused-ring (bicyclic) bond motifs is 2. The number of nitrogens with two attached hydrogens (primary N) is 1. The molecule has 174 valence electrons. The maximum atomic E-state index is 13.3. The summed E-state index contributed by atoms with van der Waals surface area (Å²) in [6.45, 7) is 0.556. The number of thioether (sulfide) groups is 1. The van der Waals surface area contributed by atoms with Crippen LogP contribution in [0.1, 0.15) is 43.4 Å². The van der Waals surface area contributed by atoms with Gasteiger partial charge >= 0.3 is 0 Å². The van der Waals surface area contributed by atoms with Crippen molar-refractivity contribution in [2.75, 3.05) is 13.7 Å². The third kappa shape index (κ3) is 4.20. The van der Waals surface area contributed by atoms with Crippen LogP contribution in [0.15, 0.2) is 33.6 Å². The second kappa shape index (κ2) is 9.16.